The quantitative estimate of drug-likeness (QED) is 0.824. The molecule has 0 unspecified atom stereocenters. The van der Waals surface area contributed by atoms with Crippen LogP contribution in [0.5, 0.6) is 0 Å². The van der Waals surface area contributed by atoms with Gasteiger partial charge in [-0.3, -0.25) is 4.68 Å². The van der Waals surface area contributed by atoms with Crippen molar-refractivity contribution in [1.29, 1.82) is 0 Å². The molecule has 4 heteroatoms. The first kappa shape index (κ1) is 9.98. The van der Waals surface area contributed by atoms with Crippen LogP contribution in [-0.4, -0.2) is 9.78 Å². The molecule has 0 saturated carbocycles. The van der Waals surface area contributed by atoms with Crippen LogP contribution in [0.15, 0.2) is 28.9 Å². The van der Waals surface area contributed by atoms with Gasteiger partial charge in [-0.05, 0) is 25.1 Å². The van der Waals surface area contributed by atoms with Gasteiger partial charge in [-0.25, -0.2) is 0 Å². The molecule has 2 heterocycles. The molecule has 0 atom stereocenters. The Morgan fingerprint density at radius 1 is 1.47 bits per heavy atom. The summed E-state index contributed by atoms with van der Waals surface area (Å²) in [6.45, 7) is 3.55. The van der Waals surface area contributed by atoms with Crippen LogP contribution in [0.1, 0.15) is 17.1 Å². The first-order valence-electron chi connectivity index (χ1n) is 4.98. The van der Waals surface area contributed by atoms with E-state index in [9.17, 15) is 0 Å². The summed E-state index contributed by atoms with van der Waals surface area (Å²) in [5, 5.41) is 7.58. The van der Waals surface area contributed by atoms with Gasteiger partial charge < -0.3 is 9.73 Å². The maximum Gasteiger partial charge on any atom is 0.117 e. The molecule has 0 radical (unpaired) electrons. The molecular weight excluding hydrogens is 190 g/mol. The van der Waals surface area contributed by atoms with E-state index in [-0.39, 0.29) is 0 Å². The summed E-state index contributed by atoms with van der Waals surface area (Å²) in [5.41, 5.74) is 2.23. The predicted molar refractivity (Wildman–Crippen MR) is 57.2 cm³/mol. The predicted octanol–water partition coefficient (Wildman–Crippen LogP) is 1.61. The van der Waals surface area contributed by atoms with Gasteiger partial charge in [0.15, 0.2) is 0 Å². The number of hydrogen-bond acceptors (Lipinski definition) is 3. The molecule has 0 aliphatic heterocycles. The zero-order valence-corrected chi connectivity index (χ0v) is 9.03. The van der Waals surface area contributed by atoms with Crippen molar-refractivity contribution in [3.63, 3.8) is 0 Å². The molecule has 2 rings (SSSR count). The van der Waals surface area contributed by atoms with Gasteiger partial charge in [0.25, 0.3) is 0 Å². The number of nitrogens with zero attached hydrogens (tertiary/aromatic N) is 2. The number of aromatic nitrogens is 2. The van der Waals surface area contributed by atoms with E-state index in [4.69, 9.17) is 4.42 Å². The van der Waals surface area contributed by atoms with Gasteiger partial charge in [-0.2, -0.15) is 5.10 Å². The first-order valence-corrected chi connectivity index (χ1v) is 4.98. The summed E-state index contributed by atoms with van der Waals surface area (Å²) in [6.07, 6.45) is 1.69. The van der Waals surface area contributed by atoms with Crippen molar-refractivity contribution < 1.29 is 4.42 Å². The average molecular weight is 205 g/mol. The highest BCUT2D eigenvalue weighted by Gasteiger charge is 2.01. The number of furan rings is 1. The molecule has 0 aliphatic rings. The van der Waals surface area contributed by atoms with E-state index in [0.29, 0.717) is 0 Å². The monoisotopic (exact) mass is 205 g/mol. The third kappa shape index (κ3) is 2.47. The van der Waals surface area contributed by atoms with Crippen molar-refractivity contribution >= 4 is 0 Å². The number of hydrogen-bond donors (Lipinski definition) is 1. The highest BCUT2D eigenvalue weighted by atomic mass is 16.3. The van der Waals surface area contributed by atoms with Crippen LogP contribution in [-0.2, 0) is 20.1 Å². The molecule has 0 spiro atoms. The minimum atomic E-state index is 0.747. The summed E-state index contributed by atoms with van der Waals surface area (Å²) >= 11 is 0. The van der Waals surface area contributed by atoms with Gasteiger partial charge in [0.1, 0.15) is 5.76 Å². The second-order valence-electron chi connectivity index (χ2n) is 3.58. The molecule has 0 saturated heterocycles. The smallest absolute Gasteiger partial charge is 0.117 e. The van der Waals surface area contributed by atoms with Crippen LogP contribution in [0.2, 0.25) is 0 Å². The van der Waals surface area contributed by atoms with E-state index in [2.05, 4.69) is 16.5 Å². The van der Waals surface area contributed by atoms with Crippen LogP contribution < -0.4 is 5.32 Å². The van der Waals surface area contributed by atoms with E-state index in [1.807, 2.05) is 30.8 Å². The molecule has 1 N–H and O–H groups in total. The molecule has 2 aromatic heterocycles. The fraction of sp³-hybridized carbons (Fsp3) is 0.364. The van der Waals surface area contributed by atoms with Crippen LogP contribution in [0, 0.1) is 6.92 Å². The average Bonchev–Trinajstić information content (AvgIpc) is 2.77. The maximum atomic E-state index is 5.22. The molecule has 0 amide bonds. The van der Waals surface area contributed by atoms with Crippen molar-refractivity contribution in [2.24, 2.45) is 7.05 Å². The first-order chi connectivity index (χ1) is 7.25. The zero-order chi connectivity index (χ0) is 10.7. The molecule has 15 heavy (non-hydrogen) atoms. The minimum absolute atomic E-state index is 0.747. The van der Waals surface area contributed by atoms with Gasteiger partial charge in [0, 0.05) is 13.6 Å². The summed E-state index contributed by atoms with van der Waals surface area (Å²) in [5.74, 6) is 0.953. The van der Waals surface area contributed by atoms with E-state index in [0.717, 1.165) is 24.5 Å². The van der Waals surface area contributed by atoms with Crippen molar-refractivity contribution in [1.82, 2.24) is 15.1 Å². The van der Waals surface area contributed by atoms with E-state index in [1.54, 1.807) is 6.26 Å². The number of aryl methyl sites for hydroxylation is 2. The van der Waals surface area contributed by atoms with Crippen molar-refractivity contribution in [3.05, 3.63) is 41.6 Å². The Hall–Kier alpha value is -1.55. The molecular formula is C11H15N3O. The third-order valence-corrected chi connectivity index (χ3v) is 2.28. The highest BCUT2D eigenvalue weighted by molar-refractivity contribution is 5.08. The minimum Gasteiger partial charge on any atom is -0.468 e. The largest absolute Gasteiger partial charge is 0.468 e. The molecule has 0 fully saturated rings. The van der Waals surface area contributed by atoms with Crippen LogP contribution in [0.4, 0.5) is 0 Å². The summed E-state index contributed by atoms with van der Waals surface area (Å²) in [6, 6.07) is 5.93. The standard InChI is InChI=1S/C11H15N3O/c1-9-6-10(14(2)13-9)7-12-8-11-4-3-5-15-11/h3-6,12H,7-8H2,1-2H3. The Bertz CT molecular complexity index is 417. The van der Waals surface area contributed by atoms with Gasteiger partial charge >= 0.3 is 0 Å². The van der Waals surface area contributed by atoms with E-state index < -0.39 is 0 Å². The Labute approximate surface area is 88.9 Å². The van der Waals surface area contributed by atoms with Crippen LogP contribution >= 0.6 is 0 Å². The summed E-state index contributed by atoms with van der Waals surface area (Å²) < 4.78 is 7.12. The van der Waals surface area contributed by atoms with Crippen molar-refractivity contribution in [3.8, 4) is 0 Å². The normalized spacial score (nSPS) is 10.8. The zero-order valence-electron chi connectivity index (χ0n) is 9.03. The van der Waals surface area contributed by atoms with Crippen LogP contribution in [0.25, 0.3) is 0 Å². The lowest BCUT2D eigenvalue weighted by Crippen LogP contribution is -2.14. The molecule has 80 valence electrons. The highest BCUT2D eigenvalue weighted by Crippen LogP contribution is 2.03. The SMILES string of the molecule is Cc1cc(CNCc2ccco2)n(C)n1. The Kier molecular flexibility index (Phi) is 2.87. The maximum absolute atomic E-state index is 5.22. The summed E-state index contributed by atoms with van der Waals surface area (Å²) in [7, 11) is 1.96. The third-order valence-electron chi connectivity index (χ3n) is 2.28. The van der Waals surface area contributed by atoms with E-state index >= 15 is 0 Å². The van der Waals surface area contributed by atoms with Crippen LogP contribution in [0.3, 0.4) is 0 Å². The molecule has 0 aliphatic carbocycles. The van der Waals surface area contributed by atoms with Gasteiger partial charge in [0.2, 0.25) is 0 Å². The van der Waals surface area contributed by atoms with Gasteiger partial charge in [0.05, 0.1) is 24.2 Å². The topological polar surface area (TPSA) is 43.0 Å². The molecule has 4 nitrogen and oxygen atoms in total. The molecule has 0 aromatic carbocycles. The fourth-order valence-corrected chi connectivity index (χ4v) is 1.56. The number of nitrogens with one attached hydrogen (secondary N) is 1. The van der Waals surface area contributed by atoms with Crippen molar-refractivity contribution in [2.45, 2.75) is 20.0 Å². The second kappa shape index (κ2) is 4.31. The fourth-order valence-electron chi connectivity index (χ4n) is 1.56. The Morgan fingerprint density at radius 3 is 2.93 bits per heavy atom. The Morgan fingerprint density at radius 2 is 2.33 bits per heavy atom. The second-order valence-corrected chi connectivity index (χ2v) is 3.58. The van der Waals surface area contributed by atoms with Crippen molar-refractivity contribution in [2.75, 3.05) is 0 Å². The van der Waals surface area contributed by atoms with Gasteiger partial charge in [-0.1, -0.05) is 0 Å². The molecule has 2 aromatic rings. The van der Waals surface area contributed by atoms with E-state index in [1.165, 1.54) is 5.69 Å². The van der Waals surface area contributed by atoms with Gasteiger partial charge in [-0.15, -0.1) is 0 Å². The lowest BCUT2D eigenvalue weighted by atomic mass is 10.3. The Balaban J connectivity index is 1.86. The lowest BCUT2D eigenvalue weighted by molar-refractivity contribution is 0.479. The molecule has 0 bridgehead atoms. The number of rotatable bonds is 4. The lowest BCUT2D eigenvalue weighted by Gasteiger charge is -2.02. The summed E-state index contributed by atoms with van der Waals surface area (Å²) in [4.78, 5) is 0.